The number of carbonyl (C=O) groups excluding carboxylic acids is 1. The lowest BCUT2D eigenvalue weighted by molar-refractivity contribution is 0.0934. The fraction of sp³-hybridized carbons (Fsp3) is 0.357. The summed E-state index contributed by atoms with van der Waals surface area (Å²) < 4.78 is 0.854. The van der Waals surface area contributed by atoms with Gasteiger partial charge in [-0.2, -0.15) is 0 Å². The molecular weight excluding hydrogens is 278 g/mol. The SMILES string of the molecule is Cc1ccc(Br)c(C(=O)NC2CC=CCC2)c1. The van der Waals surface area contributed by atoms with Crippen LogP contribution in [-0.2, 0) is 0 Å². The topological polar surface area (TPSA) is 29.1 Å². The number of amides is 1. The van der Waals surface area contributed by atoms with E-state index in [0.717, 1.165) is 34.9 Å². The Labute approximate surface area is 110 Å². The van der Waals surface area contributed by atoms with Gasteiger partial charge in [-0.1, -0.05) is 23.8 Å². The van der Waals surface area contributed by atoms with E-state index in [4.69, 9.17) is 0 Å². The van der Waals surface area contributed by atoms with Gasteiger partial charge in [0.1, 0.15) is 0 Å². The zero-order chi connectivity index (χ0) is 12.3. The number of rotatable bonds is 2. The van der Waals surface area contributed by atoms with Crippen molar-refractivity contribution in [1.82, 2.24) is 5.32 Å². The predicted molar refractivity (Wildman–Crippen MR) is 73.1 cm³/mol. The minimum atomic E-state index is 0.0147. The molecule has 0 aromatic heterocycles. The standard InChI is InChI=1S/C14H16BrNO/c1-10-7-8-13(15)12(9-10)14(17)16-11-5-3-2-4-6-11/h2-3,7-9,11H,4-6H2,1H3,(H,16,17). The van der Waals surface area contributed by atoms with Crippen molar-refractivity contribution in [3.05, 3.63) is 46.0 Å². The average Bonchev–Trinajstić information content (AvgIpc) is 2.33. The summed E-state index contributed by atoms with van der Waals surface area (Å²) >= 11 is 3.42. The van der Waals surface area contributed by atoms with Crippen LogP contribution in [0, 0.1) is 6.92 Å². The molecule has 17 heavy (non-hydrogen) atoms. The first-order chi connectivity index (χ1) is 8.16. The fourth-order valence-corrected chi connectivity index (χ4v) is 2.43. The predicted octanol–water partition coefficient (Wildman–Crippen LogP) is 3.60. The second-order valence-electron chi connectivity index (χ2n) is 4.44. The monoisotopic (exact) mass is 293 g/mol. The van der Waals surface area contributed by atoms with Crippen LogP contribution < -0.4 is 5.32 Å². The number of hydrogen-bond acceptors (Lipinski definition) is 1. The number of aryl methyl sites for hydroxylation is 1. The van der Waals surface area contributed by atoms with Crippen LogP contribution in [0.2, 0.25) is 0 Å². The first-order valence-corrected chi connectivity index (χ1v) is 6.68. The van der Waals surface area contributed by atoms with Crippen molar-refractivity contribution < 1.29 is 4.79 Å². The molecule has 1 aromatic rings. The zero-order valence-corrected chi connectivity index (χ0v) is 11.5. The number of carbonyl (C=O) groups is 1. The van der Waals surface area contributed by atoms with Gasteiger partial charge in [-0.25, -0.2) is 0 Å². The molecule has 0 aliphatic heterocycles. The van der Waals surface area contributed by atoms with E-state index < -0.39 is 0 Å². The fourth-order valence-electron chi connectivity index (χ4n) is 2.00. The molecule has 90 valence electrons. The highest BCUT2D eigenvalue weighted by Crippen LogP contribution is 2.19. The first-order valence-electron chi connectivity index (χ1n) is 5.89. The zero-order valence-electron chi connectivity index (χ0n) is 9.87. The molecule has 1 N–H and O–H groups in total. The summed E-state index contributed by atoms with van der Waals surface area (Å²) in [5, 5.41) is 3.08. The van der Waals surface area contributed by atoms with Crippen LogP contribution in [0.15, 0.2) is 34.8 Å². The molecule has 1 unspecified atom stereocenters. The van der Waals surface area contributed by atoms with E-state index in [1.54, 1.807) is 0 Å². The summed E-state index contributed by atoms with van der Waals surface area (Å²) in [7, 11) is 0. The Morgan fingerprint density at radius 1 is 1.41 bits per heavy atom. The molecule has 1 aliphatic carbocycles. The van der Waals surface area contributed by atoms with Crippen molar-refractivity contribution in [2.45, 2.75) is 32.2 Å². The Morgan fingerprint density at radius 3 is 2.94 bits per heavy atom. The van der Waals surface area contributed by atoms with Crippen LogP contribution in [0.4, 0.5) is 0 Å². The van der Waals surface area contributed by atoms with Gasteiger partial charge in [-0.3, -0.25) is 4.79 Å². The van der Waals surface area contributed by atoms with E-state index in [0.29, 0.717) is 0 Å². The van der Waals surface area contributed by atoms with Gasteiger partial charge >= 0.3 is 0 Å². The summed E-state index contributed by atoms with van der Waals surface area (Å²) in [5.74, 6) is 0.0147. The van der Waals surface area contributed by atoms with Crippen molar-refractivity contribution in [3.8, 4) is 0 Å². The number of allylic oxidation sites excluding steroid dienone is 1. The van der Waals surface area contributed by atoms with E-state index in [-0.39, 0.29) is 11.9 Å². The third-order valence-corrected chi connectivity index (χ3v) is 3.66. The number of hydrogen-bond donors (Lipinski definition) is 1. The lowest BCUT2D eigenvalue weighted by Crippen LogP contribution is -2.35. The molecule has 0 heterocycles. The highest BCUT2D eigenvalue weighted by molar-refractivity contribution is 9.10. The third kappa shape index (κ3) is 3.19. The van der Waals surface area contributed by atoms with Crippen molar-refractivity contribution >= 4 is 21.8 Å². The molecule has 0 radical (unpaired) electrons. The smallest absolute Gasteiger partial charge is 0.252 e. The maximum atomic E-state index is 12.1. The van der Waals surface area contributed by atoms with Crippen LogP contribution >= 0.6 is 15.9 Å². The van der Waals surface area contributed by atoms with Gasteiger partial charge in [0.15, 0.2) is 0 Å². The first kappa shape index (κ1) is 12.4. The van der Waals surface area contributed by atoms with Gasteiger partial charge in [0.05, 0.1) is 5.56 Å². The quantitative estimate of drug-likeness (QED) is 0.830. The summed E-state index contributed by atoms with van der Waals surface area (Å²) in [6.45, 7) is 1.99. The van der Waals surface area contributed by atoms with E-state index in [1.807, 2.05) is 25.1 Å². The van der Waals surface area contributed by atoms with Gasteiger partial charge < -0.3 is 5.32 Å². The Kier molecular flexibility index (Phi) is 4.00. The van der Waals surface area contributed by atoms with Gasteiger partial charge in [-0.15, -0.1) is 0 Å². The third-order valence-electron chi connectivity index (χ3n) is 2.97. The van der Waals surface area contributed by atoms with Crippen molar-refractivity contribution in [2.24, 2.45) is 0 Å². The highest BCUT2D eigenvalue weighted by atomic mass is 79.9. The molecule has 0 spiro atoms. The second kappa shape index (κ2) is 5.50. The lowest BCUT2D eigenvalue weighted by atomic mass is 10.0. The summed E-state index contributed by atoms with van der Waals surface area (Å²) in [6.07, 6.45) is 7.34. The van der Waals surface area contributed by atoms with Crippen molar-refractivity contribution in [1.29, 1.82) is 0 Å². The minimum absolute atomic E-state index is 0.0147. The summed E-state index contributed by atoms with van der Waals surface area (Å²) in [6, 6.07) is 6.10. The highest BCUT2D eigenvalue weighted by Gasteiger charge is 2.16. The van der Waals surface area contributed by atoms with Gasteiger partial charge in [-0.05, 0) is 54.2 Å². The van der Waals surface area contributed by atoms with E-state index >= 15 is 0 Å². The van der Waals surface area contributed by atoms with Crippen LogP contribution in [0.1, 0.15) is 35.2 Å². The van der Waals surface area contributed by atoms with Crippen LogP contribution in [0.3, 0.4) is 0 Å². The molecule has 0 saturated heterocycles. The molecule has 1 amide bonds. The molecule has 2 rings (SSSR count). The van der Waals surface area contributed by atoms with Crippen LogP contribution in [0.5, 0.6) is 0 Å². The van der Waals surface area contributed by atoms with Crippen LogP contribution in [0.25, 0.3) is 0 Å². The minimum Gasteiger partial charge on any atom is -0.349 e. The summed E-state index contributed by atoms with van der Waals surface area (Å²) in [5.41, 5.74) is 1.82. The van der Waals surface area contributed by atoms with Crippen LogP contribution in [-0.4, -0.2) is 11.9 Å². The van der Waals surface area contributed by atoms with E-state index in [2.05, 4.69) is 33.4 Å². The second-order valence-corrected chi connectivity index (χ2v) is 5.29. The van der Waals surface area contributed by atoms with Crippen molar-refractivity contribution in [3.63, 3.8) is 0 Å². The Morgan fingerprint density at radius 2 is 2.24 bits per heavy atom. The molecule has 1 aromatic carbocycles. The number of halogens is 1. The molecular formula is C14H16BrNO. The number of nitrogens with one attached hydrogen (secondary N) is 1. The van der Waals surface area contributed by atoms with Gasteiger partial charge in [0, 0.05) is 10.5 Å². The maximum absolute atomic E-state index is 12.1. The number of benzene rings is 1. The normalized spacial score (nSPS) is 19.1. The van der Waals surface area contributed by atoms with Gasteiger partial charge in [0.2, 0.25) is 0 Å². The van der Waals surface area contributed by atoms with E-state index in [9.17, 15) is 4.79 Å². The van der Waals surface area contributed by atoms with E-state index in [1.165, 1.54) is 0 Å². The van der Waals surface area contributed by atoms with Gasteiger partial charge in [0.25, 0.3) is 5.91 Å². The largest absolute Gasteiger partial charge is 0.349 e. The lowest BCUT2D eigenvalue weighted by Gasteiger charge is -2.19. The molecule has 1 atom stereocenters. The molecule has 0 bridgehead atoms. The Hall–Kier alpha value is -1.09. The molecule has 1 aliphatic rings. The Bertz CT molecular complexity index is 454. The maximum Gasteiger partial charge on any atom is 0.252 e. The Balaban J connectivity index is 2.08. The summed E-state index contributed by atoms with van der Waals surface area (Å²) in [4.78, 5) is 12.1. The molecule has 0 saturated carbocycles. The molecule has 3 heteroatoms. The van der Waals surface area contributed by atoms with Crippen molar-refractivity contribution in [2.75, 3.05) is 0 Å². The molecule has 0 fully saturated rings. The average molecular weight is 294 g/mol. The molecule has 2 nitrogen and oxygen atoms in total.